The molecule has 1 aliphatic heterocycles. The van der Waals surface area contributed by atoms with Crippen LogP contribution in [0.5, 0.6) is 0 Å². The van der Waals surface area contributed by atoms with E-state index in [0.29, 0.717) is 6.04 Å². The van der Waals surface area contributed by atoms with Crippen molar-refractivity contribution in [2.45, 2.75) is 31.8 Å². The Morgan fingerprint density at radius 1 is 1.31 bits per heavy atom. The van der Waals surface area contributed by atoms with Crippen molar-refractivity contribution in [3.8, 4) is 0 Å². The molecule has 2 heteroatoms. The minimum absolute atomic E-state index is 0.536. The lowest BCUT2D eigenvalue weighted by atomic mass is 10.0. The van der Waals surface area contributed by atoms with Gasteiger partial charge in [0.15, 0.2) is 0 Å². The van der Waals surface area contributed by atoms with Gasteiger partial charge in [-0.15, -0.1) is 0 Å². The SMILES string of the molecule is Cc1cccc([C@@H]2CN(C3CC3)CCN2)c1. The Balaban J connectivity index is 1.73. The maximum atomic E-state index is 3.63. The fourth-order valence-electron chi connectivity index (χ4n) is 2.65. The minimum atomic E-state index is 0.536. The Morgan fingerprint density at radius 3 is 2.94 bits per heavy atom. The average Bonchev–Trinajstić information content (AvgIpc) is 3.13. The van der Waals surface area contributed by atoms with Gasteiger partial charge in [-0.1, -0.05) is 29.8 Å². The summed E-state index contributed by atoms with van der Waals surface area (Å²) < 4.78 is 0. The van der Waals surface area contributed by atoms with Gasteiger partial charge in [0, 0.05) is 31.7 Å². The highest BCUT2D eigenvalue weighted by Crippen LogP contribution is 2.30. The fraction of sp³-hybridized carbons (Fsp3) is 0.571. The molecule has 2 fully saturated rings. The molecule has 0 spiro atoms. The Hall–Kier alpha value is -0.860. The zero-order valence-corrected chi connectivity index (χ0v) is 9.95. The summed E-state index contributed by atoms with van der Waals surface area (Å²) in [5.74, 6) is 0. The molecule has 1 atom stereocenters. The molecule has 3 rings (SSSR count). The van der Waals surface area contributed by atoms with Gasteiger partial charge in [-0.05, 0) is 25.3 Å². The Labute approximate surface area is 97.6 Å². The van der Waals surface area contributed by atoms with Crippen molar-refractivity contribution >= 4 is 0 Å². The highest BCUT2D eigenvalue weighted by molar-refractivity contribution is 5.25. The van der Waals surface area contributed by atoms with E-state index in [0.717, 1.165) is 12.6 Å². The van der Waals surface area contributed by atoms with E-state index in [2.05, 4.69) is 41.4 Å². The van der Waals surface area contributed by atoms with Crippen LogP contribution >= 0.6 is 0 Å². The summed E-state index contributed by atoms with van der Waals surface area (Å²) in [6, 6.07) is 10.3. The van der Waals surface area contributed by atoms with Gasteiger partial charge in [-0.2, -0.15) is 0 Å². The van der Waals surface area contributed by atoms with E-state index >= 15 is 0 Å². The van der Waals surface area contributed by atoms with E-state index < -0.39 is 0 Å². The molecule has 1 aromatic carbocycles. The number of aryl methyl sites for hydroxylation is 1. The molecule has 0 aromatic heterocycles. The topological polar surface area (TPSA) is 15.3 Å². The van der Waals surface area contributed by atoms with Crippen LogP contribution in [0, 0.1) is 6.92 Å². The highest BCUT2D eigenvalue weighted by Gasteiger charge is 2.32. The molecule has 16 heavy (non-hydrogen) atoms. The van der Waals surface area contributed by atoms with Crippen molar-refractivity contribution in [2.24, 2.45) is 0 Å². The molecule has 86 valence electrons. The van der Waals surface area contributed by atoms with Gasteiger partial charge in [-0.3, -0.25) is 4.90 Å². The molecule has 0 bridgehead atoms. The van der Waals surface area contributed by atoms with E-state index in [1.54, 1.807) is 0 Å². The number of piperazine rings is 1. The quantitative estimate of drug-likeness (QED) is 0.814. The molecule has 0 unspecified atom stereocenters. The Bertz CT molecular complexity index is 371. The lowest BCUT2D eigenvalue weighted by molar-refractivity contribution is 0.192. The van der Waals surface area contributed by atoms with Crippen LogP contribution < -0.4 is 5.32 Å². The van der Waals surface area contributed by atoms with Crippen LogP contribution in [0.4, 0.5) is 0 Å². The average molecular weight is 216 g/mol. The predicted octanol–water partition coefficient (Wildman–Crippen LogP) is 2.10. The molecule has 1 aromatic rings. The molecule has 1 saturated heterocycles. The second-order valence-electron chi connectivity index (χ2n) is 5.15. The number of nitrogens with zero attached hydrogens (tertiary/aromatic N) is 1. The molecule has 0 amide bonds. The second-order valence-corrected chi connectivity index (χ2v) is 5.15. The molecule has 2 nitrogen and oxygen atoms in total. The van der Waals surface area contributed by atoms with E-state index in [9.17, 15) is 0 Å². The maximum absolute atomic E-state index is 3.63. The lowest BCUT2D eigenvalue weighted by Gasteiger charge is -2.34. The monoisotopic (exact) mass is 216 g/mol. The van der Waals surface area contributed by atoms with Crippen LogP contribution in [0.1, 0.15) is 30.0 Å². The van der Waals surface area contributed by atoms with E-state index in [1.165, 1.54) is 37.1 Å². The molecule has 2 aliphatic rings. The van der Waals surface area contributed by atoms with Gasteiger partial charge in [0.1, 0.15) is 0 Å². The first-order chi connectivity index (χ1) is 7.83. The van der Waals surface area contributed by atoms with Gasteiger partial charge in [-0.25, -0.2) is 0 Å². The number of nitrogens with one attached hydrogen (secondary N) is 1. The molecule has 1 heterocycles. The number of hydrogen-bond acceptors (Lipinski definition) is 2. The van der Waals surface area contributed by atoms with Gasteiger partial charge in [0.25, 0.3) is 0 Å². The summed E-state index contributed by atoms with van der Waals surface area (Å²) in [5.41, 5.74) is 2.81. The smallest absolute Gasteiger partial charge is 0.0449 e. The standard InChI is InChI=1S/C14H20N2/c1-11-3-2-4-12(9-11)14-10-16(8-7-15-14)13-5-6-13/h2-4,9,13-15H,5-8,10H2,1H3/t14-/m0/s1. The summed E-state index contributed by atoms with van der Waals surface area (Å²) in [5, 5.41) is 3.63. The minimum Gasteiger partial charge on any atom is -0.308 e. The van der Waals surface area contributed by atoms with Gasteiger partial charge in [0.2, 0.25) is 0 Å². The Kier molecular flexibility index (Phi) is 2.70. The van der Waals surface area contributed by atoms with Crippen molar-refractivity contribution in [1.29, 1.82) is 0 Å². The third-order valence-electron chi connectivity index (χ3n) is 3.71. The van der Waals surface area contributed by atoms with Crippen molar-refractivity contribution < 1.29 is 0 Å². The third-order valence-corrected chi connectivity index (χ3v) is 3.71. The maximum Gasteiger partial charge on any atom is 0.0449 e. The molecule has 1 N–H and O–H groups in total. The van der Waals surface area contributed by atoms with Crippen molar-refractivity contribution in [1.82, 2.24) is 10.2 Å². The first kappa shape index (κ1) is 10.3. The van der Waals surface area contributed by atoms with Crippen LogP contribution in [0.15, 0.2) is 24.3 Å². The first-order valence-corrected chi connectivity index (χ1v) is 6.37. The lowest BCUT2D eigenvalue weighted by Crippen LogP contribution is -2.46. The largest absolute Gasteiger partial charge is 0.308 e. The van der Waals surface area contributed by atoms with Crippen LogP contribution in [0.2, 0.25) is 0 Å². The van der Waals surface area contributed by atoms with E-state index in [-0.39, 0.29) is 0 Å². The van der Waals surface area contributed by atoms with Gasteiger partial charge >= 0.3 is 0 Å². The summed E-state index contributed by atoms with van der Waals surface area (Å²) in [4.78, 5) is 2.66. The van der Waals surface area contributed by atoms with Crippen LogP contribution in [0.25, 0.3) is 0 Å². The highest BCUT2D eigenvalue weighted by atomic mass is 15.2. The van der Waals surface area contributed by atoms with Crippen molar-refractivity contribution in [3.05, 3.63) is 35.4 Å². The molecule has 1 saturated carbocycles. The van der Waals surface area contributed by atoms with E-state index in [4.69, 9.17) is 0 Å². The van der Waals surface area contributed by atoms with Crippen LogP contribution in [-0.4, -0.2) is 30.6 Å². The zero-order chi connectivity index (χ0) is 11.0. The summed E-state index contributed by atoms with van der Waals surface area (Å²) >= 11 is 0. The van der Waals surface area contributed by atoms with E-state index in [1.807, 2.05) is 0 Å². The molecule has 1 aliphatic carbocycles. The first-order valence-electron chi connectivity index (χ1n) is 6.37. The summed E-state index contributed by atoms with van der Waals surface area (Å²) in [7, 11) is 0. The summed E-state index contributed by atoms with van der Waals surface area (Å²) in [6.45, 7) is 5.72. The zero-order valence-electron chi connectivity index (χ0n) is 9.95. The van der Waals surface area contributed by atoms with Gasteiger partial charge in [0.05, 0.1) is 0 Å². The third kappa shape index (κ3) is 2.13. The molecular formula is C14H20N2. The normalized spacial score (nSPS) is 26.9. The number of benzene rings is 1. The van der Waals surface area contributed by atoms with Crippen LogP contribution in [-0.2, 0) is 0 Å². The number of rotatable bonds is 2. The van der Waals surface area contributed by atoms with Crippen molar-refractivity contribution in [2.75, 3.05) is 19.6 Å². The Morgan fingerprint density at radius 2 is 2.19 bits per heavy atom. The van der Waals surface area contributed by atoms with Gasteiger partial charge < -0.3 is 5.32 Å². The second kappa shape index (κ2) is 4.19. The number of hydrogen-bond donors (Lipinski definition) is 1. The van der Waals surface area contributed by atoms with Crippen LogP contribution in [0.3, 0.4) is 0 Å². The molecular weight excluding hydrogens is 196 g/mol. The predicted molar refractivity (Wildman–Crippen MR) is 66.5 cm³/mol. The van der Waals surface area contributed by atoms with Crippen molar-refractivity contribution in [3.63, 3.8) is 0 Å². The molecule has 0 radical (unpaired) electrons. The summed E-state index contributed by atoms with van der Waals surface area (Å²) in [6.07, 6.45) is 2.83. The fourth-order valence-corrected chi connectivity index (χ4v) is 2.65.